The first kappa shape index (κ1) is 17.2. The van der Waals surface area contributed by atoms with E-state index in [1.54, 1.807) is 11.3 Å². The van der Waals surface area contributed by atoms with E-state index in [0.717, 1.165) is 19.4 Å². The van der Waals surface area contributed by atoms with Crippen LogP contribution in [0.1, 0.15) is 46.0 Å². The van der Waals surface area contributed by atoms with Gasteiger partial charge >= 0.3 is 5.97 Å². The molecule has 4 heteroatoms. The van der Waals surface area contributed by atoms with Crippen LogP contribution in [0.4, 0.5) is 0 Å². The molecule has 0 radical (unpaired) electrons. The predicted molar refractivity (Wildman–Crippen MR) is 98.7 cm³/mol. The number of hydrogen-bond donors (Lipinski definition) is 1. The van der Waals surface area contributed by atoms with E-state index >= 15 is 0 Å². The molecule has 3 rings (SSSR count). The summed E-state index contributed by atoms with van der Waals surface area (Å²) in [7, 11) is 0. The van der Waals surface area contributed by atoms with Gasteiger partial charge in [0.05, 0.1) is 12.0 Å². The van der Waals surface area contributed by atoms with Crippen LogP contribution in [0.25, 0.3) is 0 Å². The number of hydrogen-bond acceptors (Lipinski definition) is 3. The van der Waals surface area contributed by atoms with Gasteiger partial charge in [0.25, 0.3) is 0 Å². The zero-order chi connectivity index (χ0) is 17.3. The Morgan fingerprint density at radius 2 is 2.04 bits per heavy atom. The third-order valence-corrected chi connectivity index (χ3v) is 6.02. The fraction of sp³-hybridized carbons (Fsp3) is 0.450. The van der Waals surface area contributed by atoms with Crippen molar-refractivity contribution in [3.8, 4) is 0 Å². The molecule has 0 saturated carbocycles. The summed E-state index contributed by atoms with van der Waals surface area (Å²) in [4.78, 5) is 15.2. The summed E-state index contributed by atoms with van der Waals surface area (Å²) < 4.78 is 0. The van der Waals surface area contributed by atoms with Crippen LogP contribution in [0, 0.1) is 26.7 Å². The lowest BCUT2D eigenvalue weighted by Gasteiger charge is -2.37. The molecule has 1 aliphatic heterocycles. The van der Waals surface area contributed by atoms with E-state index in [1.807, 2.05) is 0 Å². The van der Waals surface area contributed by atoms with Gasteiger partial charge < -0.3 is 5.11 Å². The van der Waals surface area contributed by atoms with Crippen LogP contribution >= 0.6 is 11.3 Å². The summed E-state index contributed by atoms with van der Waals surface area (Å²) in [6, 6.07) is 8.99. The number of thiophene rings is 1. The van der Waals surface area contributed by atoms with Crippen molar-refractivity contribution in [2.24, 2.45) is 5.92 Å². The number of aryl methyl sites for hydroxylation is 3. The normalized spacial score (nSPS) is 20.0. The van der Waals surface area contributed by atoms with E-state index in [1.165, 1.54) is 27.1 Å². The lowest BCUT2D eigenvalue weighted by atomic mass is 9.91. The molecule has 0 bridgehead atoms. The van der Waals surface area contributed by atoms with Crippen LogP contribution in [0.5, 0.6) is 0 Å². The maximum atomic E-state index is 11.5. The Balaban J connectivity index is 2.02. The van der Waals surface area contributed by atoms with Gasteiger partial charge in [-0.2, -0.15) is 0 Å². The summed E-state index contributed by atoms with van der Waals surface area (Å²) in [5, 5.41) is 11.6. The first-order valence-corrected chi connectivity index (χ1v) is 9.42. The largest absolute Gasteiger partial charge is 0.481 e. The van der Waals surface area contributed by atoms with Crippen molar-refractivity contribution in [1.29, 1.82) is 0 Å². The molecule has 1 saturated heterocycles. The SMILES string of the molecule is Cc1csc(C(c2cc(C)ccc2C)N2CCCC(C(=O)O)C2)c1. The molecule has 0 aliphatic carbocycles. The van der Waals surface area contributed by atoms with Gasteiger partial charge in [-0.05, 0) is 68.3 Å². The van der Waals surface area contributed by atoms with Crippen molar-refractivity contribution < 1.29 is 9.90 Å². The number of piperidine rings is 1. The van der Waals surface area contributed by atoms with Crippen LogP contribution < -0.4 is 0 Å². The highest BCUT2D eigenvalue weighted by atomic mass is 32.1. The third-order valence-electron chi connectivity index (χ3n) is 4.92. The molecule has 1 fully saturated rings. The smallest absolute Gasteiger partial charge is 0.307 e. The van der Waals surface area contributed by atoms with Crippen LogP contribution in [-0.4, -0.2) is 29.1 Å². The second-order valence-electron chi connectivity index (χ2n) is 6.96. The Morgan fingerprint density at radius 3 is 2.71 bits per heavy atom. The zero-order valence-corrected chi connectivity index (χ0v) is 15.4. The maximum absolute atomic E-state index is 11.5. The minimum Gasteiger partial charge on any atom is -0.481 e. The van der Waals surface area contributed by atoms with E-state index in [9.17, 15) is 9.90 Å². The van der Waals surface area contributed by atoms with Crippen LogP contribution in [0.3, 0.4) is 0 Å². The Hall–Kier alpha value is -1.65. The molecule has 1 aromatic heterocycles. The lowest BCUT2D eigenvalue weighted by Crippen LogP contribution is -2.41. The summed E-state index contributed by atoms with van der Waals surface area (Å²) in [5.74, 6) is -0.922. The monoisotopic (exact) mass is 343 g/mol. The molecule has 0 amide bonds. The van der Waals surface area contributed by atoms with Crippen molar-refractivity contribution in [3.05, 3.63) is 56.8 Å². The molecule has 24 heavy (non-hydrogen) atoms. The van der Waals surface area contributed by atoms with Gasteiger partial charge in [-0.25, -0.2) is 0 Å². The number of nitrogens with zero attached hydrogens (tertiary/aromatic N) is 1. The van der Waals surface area contributed by atoms with Gasteiger partial charge in [0, 0.05) is 11.4 Å². The maximum Gasteiger partial charge on any atom is 0.307 e. The van der Waals surface area contributed by atoms with Crippen molar-refractivity contribution >= 4 is 17.3 Å². The highest BCUT2D eigenvalue weighted by Crippen LogP contribution is 2.37. The van der Waals surface area contributed by atoms with Crippen LogP contribution in [0.15, 0.2) is 29.6 Å². The quantitative estimate of drug-likeness (QED) is 0.885. The molecule has 1 N–H and O–H groups in total. The van der Waals surface area contributed by atoms with Crippen molar-refractivity contribution in [1.82, 2.24) is 4.90 Å². The Morgan fingerprint density at radius 1 is 1.25 bits per heavy atom. The predicted octanol–water partition coefficient (Wildman–Crippen LogP) is 4.56. The molecule has 0 spiro atoms. The minimum atomic E-state index is -0.665. The van der Waals surface area contributed by atoms with E-state index in [4.69, 9.17) is 0 Å². The molecule has 2 heterocycles. The number of aliphatic carboxylic acids is 1. The molecular weight excluding hydrogens is 318 g/mol. The van der Waals surface area contributed by atoms with Gasteiger partial charge in [0.1, 0.15) is 0 Å². The molecule has 1 aliphatic rings. The molecular formula is C20H25NO2S. The average Bonchev–Trinajstić information content (AvgIpc) is 2.97. The first-order chi connectivity index (χ1) is 11.5. The van der Waals surface area contributed by atoms with Crippen molar-refractivity contribution in [2.75, 3.05) is 13.1 Å². The lowest BCUT2D eigenvalue weighted by molar-refractivity contribution is -0.143. The fourth-order valence-corrected chi connectivity index (χ4v) is 4.67. The topological polar surface area (TPSA) is 40.5 Å². The molecule has 128 valence electrons. The average molecular weight is 343 g/mol. The number of likely N-dealkylation sites (tertiary alicyclic amines) is 1. The minimum absolute atomic E-state index is 0.158. The Kier molecular flexibility index (Phi) is 5.07. The molecule has 1 aromatic carbocycles. The van der Waals surface area contributed by atoms with E-state index in [0.29, 0.717) is 6.54 Å². The van der Waals surface area contributed by atoms with E-state index < -0.39 is 5.97 Å². The third kappa shape index (κ3) is 3.55. The van der Waals surface area contributed by atoms with E-state index in [2.05, 4.69) is 55.3 Å². The summed E-state index contributed by atoms with van der Waals surface area (Å²) >= 11 is 1.78. The van der Waals surface area contributed by atoms with Crippen LogP contribution in [-0.2, 0) is 4.79 Å². The fourth-order valence-electron chi connectivity index (χ4n) is 3.62. The first-order valence-electron chi connectivity index (χ1n) is 8.54. The van der Waals surface area contributed by atoms with E-state index in [-0.39, 0.29) is 12.0 Å². The molecule has 2 unspecified atom stereocenters. The second-order valence-corrected chi connectivity index (χ2v) is 7.90. The highest BCUT2D eigenvalue weighted by molar-refractivity contribution is 7.10. The molecule has 2 atom stereocenters. The van der Waals surface area contributed by atoms with Crippen molar-refractivity contribution in [3.63, 3.8) is 0 Å². The zero-order valence-electron chi connectivity index (χ0n) is 14.6. The molecule has 3 nitrogen and oxygen atoms in total. The summed E-state index contributed by atoms with van der Waals surface area (Å²) in [6.45, 7) is 7.98. The standard InChI is InChI=1S/C20H25NO2S/c1-13-6-7-15(3)17(9-13)19(18-10-14(2)12-24-18)21-8-4-5-16(11-21)20(22)23/h6-7,9-10,12,16,19H,4-5,8,11H2,1-3H3,(H,22,23). The second kappa shape index (κ2) is 7.08. The van der Waals surface area contributed by atoms with Crippen molar-refractivity contribution in [2.45, 2.75) is 39.7 Å². The number of carboxylic acids is 1. The van der Waals surface area contributed by atoms with Gasteiger partial charge in [0.15, 0.2) is 0 Å². The highest BCUT2D eigenvalue weighted by Gasteiger charge is 2.32. The number of carbonyl (C=O) groups is 1. The number of rotatable bonds is 4. The Labute approximate surface area is 147 Å². The Bertz CT molecular complexity index is 737. The summed E-state index contributed by atoms with van der Waals surface area (Å²) in [6.07, 6.45) is 1.73. The van der Waals surface area contributed by atoms with Gasteiger partial charge in [-0.15, -0.1) is 11.3 Å². The van der Waals surface area contributed by atoms with Gasteiger partial charge in [0.2, 0.25) is 0 Å². The molecule has 2 aromatic rings. The number of benzene rings is 1. The number of carboxylic acid groups (broad SMARTS) is 1. The van der Waals surface area contributed by atoms with Gasteiger partial charge in [-0.1, -0.05) is 23.8 Å². The van der Waals surface area contributed by atoms with Gasteiger partial charge in [-0.3, -0.25) is 9.69 Å². The summed E-state index contributed by atoms with van der Waals surface area (Å²) in [5.41, 5.74) is 5.11. The van der Waals surface area contributed by atoms with Crippen LogP contribution in [0.2, 0.25) is 0 Å².